The Morgan fingerprint density at radius 3 is 2.80 bits per heavy atom. The summed E-state index contributed by atoms with van der Waals surface area (Å²) in [6, 6.07) is 0. The molecule has 0 atom stereocenters. The predicted octanol–water partition coefficient (Wildman–Crippen LogP) is 1.03. The zero-order valence-corrected chi connectivity index (χ0v) is 12.1. The van der Waals surface area contributed by atoms with Gasteiger partial charge in [-0.1, -0.05) is 37.3 Å². The van der Waals surface area contributed by atoms with Crippen molar-refractivity contribution in [3.63, 3.8) is 0 Å². The van der Waals surface area contributed by atoms with Crippen LogP contribution < -0.4 is 5.32 Å². The second-order valence-electron chi connectivity index (χ2n) is 5.51. The highest BCUT2D eigenvalue weighted by atomic mass is 16.3. The van der Waals surface area contributed by atoms with Gasteiger partial charge in [-0.05, 0) is 18.8 Å². The van der Waals surface area contributed by atoms with E-state index in [9.17, 15) is 9.90 Å². The molecule has 0 aromatic carbocycles. The number of aliphatic hydroxyl groups excluding tert-OH is 1. The highest BCUT2D eigenvalue weighted by Gasteiger charge is 2.18. The summed E-state index contributed by atoms with van der Waals surface area (Å²) in [6.07, 6.45) is 8.53. The van der Waals surface area contributed by atoms with Gasteiger partial charge >= 0.3 is 0 Å². The summed E-state index contributed by atoms with van der Waals surface area (Å²) in [7, 11) is 1.61. The molecule has 0 spiro atoms. The van der Waals surface area contributed by atoms with E-state index in [1.165, 1.54) is 32.1 Å². The average Bonchev–Trinajstić information content (AvgIpc) is 2.88. The molecule has 1 fully saturated rings. The van der Waals surface area contributed by atoms with Crippen LogP contribution in [0.1, 0.15) is 49.9 Å². The van der Waals surface area contributed by atoms with Crippen LogP contribution in [0.25, 0.3) is 0 Å². The molecule has 1 amide bonds. The molecule has 1 aromatic heterocycles. The monoisotopic (exact) mass is 280 g/mol. The minimum atomic E-state index is -0.117. The molecule has 1 heterocycles. The summed E-state index contributed by atoms with van der Waals surface area (Å²) in [4.78, 5) is 11.5. The molecule has 1 saturated carbocycles. The van der Waals surface area contributed by atoms with E-state index in [0.717, 1.165) is 24.5 Å². The van der Waals surface area contributed by atoms with Gasteiger partial charge in [0, 0.05) is 7.05 Å². The van der Waals surface area contributed by atoms with Gasteiger partial charge in [0.1, 0.15) is 12.2 Å². The van der Waals surface area contributed by atoms with E-state index in [-0.39, 0.29) is 19.1 Å². The molecule has 112 valence electrons. The molecule has 6 nitrogen and oxygen atoms in total. The summed E-state index contributed by atoms with van der Waals surface area (Å²) in [5, 5.41) is 19.9. The summed E-state index contributed by atoms with van der Waals surface area (Å²) in [5.41, 5.74) is 1.51. The molecule has 1 aliphatic rings. The minimum Gasteiger partial charge on any atom is -0.390 e. The van der Waals surface area contributed by atoms with Crippen molar-refractivity contribution in [2.75, 3.05) is 7.05 Å². The van der Waals surface area contributed by atoms with Crippen LogP contribution in [0.5, 0.6) is 0 Å². The number of amides is 1. The quantitative estimate of drug-likeness (QED) is 0.815. The van der Waals surface area contributed by atoms with E-state index in [2.05, 4.69) is 15.6 Å². The lowest BCUT2D eigenvalue weighted by atomic mass is 9.85. The number of nitrogens with one attached hydrogen (secondary N) is 1. The van der Waals surface area contributed by atoms with Gasteiger partial charge in [-0.15, -0.1) is 5.10 Å². The number of aliphatic hydroxyl groups is 1. The standard InChI is InChI=1S/C14H24N4O2/c1-15-14(20)9-18-13(12(10-19)16-17-18)8-7-11-5-3-2-4-6-11/h11,19H,2-10H2,1H3,(H,15,20). The molecule has 0 bridgehead atoms. The lowest BCUT2D eigenvalue weighted by Gasteiger charge is -2.21. The highest BCUT2D eigenvalue weighted by molar-refractivity contribution is 5.75. The van der Waals surface area contributed by atoms with Gasteiger partial charge in [-0.3, -0.25) is 4.79 Å². The Labute approximate surface area is 119 Å². The molecule has 6 heteroatoms. The Kier molecular flexibility index (Phi) is 5.52. The van der Waals surface area contributed by atoms with Crippen LogP contribution in [0.2, 0.25) is 0 Å². The summed E-state index contributed by atoms with van der Waals surface area (Å²) in [5.74, 6) is 0.664. The molecular formula is C14H24N4O2. The average molecular weight is 280 g/mol. The van der Waals surface area contributed by atoms with Gasteiger partial charge in [0.05, 0.1) is 12.3 Å². The van der Waals surface area contributed by atoms with E-state index in [4.69, 9.17) is 0 Å². The second kappa shape index (κ2) is 7.38. The number of hydrogen-bond acceptors (Lipinski definition) is 4. The van der Waals surface area contributed by atoms with Crippen LogP contribution in [-0.4, -0.2) is 33.1 Å². The van der Waals surface area contributed by atoms with Crippen LogP contribution in [0, 0.1) is 5.92 Å². The SMILES string of the molecule is CNC(=O)Cn1nnc(CO)c1CCC1CCCCC1. The fraction of sp³-hybridized carbons (Fsp3) is 0.786. The van der Waals surface area contributed by atoms with Gasteiger partial charge in [0.2, 0.25) is 5.91 Å². The van der Waals surface area contributed by atoms with Crippen molar-refractivity contribution in [2.24, 2.45) is 5.92 Å². The first-order chi connectivity index (χ1) is 9.74. The lowest BCUT2D eigenvalue weighted by Crippen LogP contribution is -2.25. The Balaban J connectivity index is 2.00. The maximum absolute atomic E-state index is 11.5. The number of nitrogens with zero attached hydrogens (tertiary/aromatic N) is 3. The van der Waals surface area contributed by atoms with Crippen molar-refractivity contribution in [2.45, 2.75) is 58.1 Å². The molecule has 1 aromatic rings. The predicted molar refractivity (Wildman–Crippen MR) is 74.9 cm³/mol. The largest absolute Gasteiger partial charge is 0.390 e. The van der Waals surface area contributed by atoms with Gasteiger partial charge in [-0.2, -0.15) is 0 Å². The first-order valence-electron chi connectivity index (χ1n) is 7.47. The Morgan fingerprint density at radius 2 is 2.15 bits per heavy atom. The Hall–Kier alpha value is -1.43. The number of rotatable bonds is 6. The van der Waals surface area contributed by atoms with Crippen molar-refractivity contribution in [3.05, 3.63) is 11.4 Å². The molecule has 0 aliphatic heterocycles. The number of aromatic nitrogens is 3. The summed E-state index contributed by atoms with van der Waals surface area (Å²) < 4.78 is 1.62. The Bertz CT molecular complexity index is 438. The first-order valence-corrected chi connectivity index (χ1v) is 7.47. The van der Waals surface area contributed by atoms with E-state index >= 15 is 0 Å². The molecular weight excluding hydrogens is 256 g/mol. The van der Waals surface area contributed by atoms with Crippen molar-refractivity contribution >= 4 is 5.91 Å². The summed E-state index contributed by atoms with van der Waals surface area (Å²) >= 11 is 0. The van der Waals surface area contributed by atoms with E-state index in [1.54, 1.807) is 11.7 Å². The molecule has 2 rings (SSSR count). The second-order valence-corrected chi connectivity index (χ2v) is 5.51. The maximum Gasteiger partial charge on any atom is 0.241 e. The number of carbonyl (C=O) groups excluding carboxylic acids is 1. The third-order valence-electron chi connectivity index (χ3n) is 4.15. The van der Waals surface area contributed by atoms with Gasteiger partial charge in [-0.25, -0.2) is 4.68 Å². The lowest BCUT2D eigenvalue weighted by molar-refractivity contribution is -0.121. The normalized spacial score (nSPS) is 16.3. The number of carbonyl (C=O) groups is 1. The van der Waals surface area contributed by atoms with E-state index in [0.29, 0.717) is 5.69 Å². The van der Waals surface area contributed by atoms with Crippen molar-refractivity contribution < 1.29 is 9.90 Å². The number of likely N-dealkylation sites (N-methyl/N-ethyl adjacent to an activating group) is 1. The molecule has 2 N–H and O–H groups in total. The molecule has 0 saturated heterocycles. The van der Waals surface area contributed by atoms with Gasteiger partial charge in [0.15, 0.2) is 0 Å². The van der Waals surface area contributed by atoms with Crippen LogP contribution in [-0.2, 0) is 24.4 Å². The third kappa shape index (κ3) is 3.79. The topological polar surface area (TPSA) is 80.0 Å². The fourth-order valence-corrected chi connectivity index (χ4v) is 2.92. The summed E-state index contributed by atoms with van der Waals surface area (Å²) in [6.45, 7) is 0.0528. The zero-order chi connectivity index (χ0) is 14.4. The van der Waals surface area contributed by atoms with Crippen LogP contribution in [0.3, 0.4) is 0 Å². The van der Waals surface area contributed by atoms with Crippen molar-refractivity contribution in [1.82, 2.24) is 20.3 Å². The van der Waals surface area contributed by atoms with Crippen molar-refractivity contribution in [1.29, 1.82) is 0 Å². The van der Waals surface area contributed by atoms with Gasteiger partial charge in [0.25, 0.3) is 0 Å². The van der Waals surface area contributed by atoms with Gasteiger partial charge < -0.3 is 10.4 Å². The van der Waals surface area contributed by atoms with Crippen LogP contribution in [0.15, 0.2) is 0 Å². The third-order valence-corrected chi connectivity index (χ3v) is 4.15. The first kappa shape index (κ1) is 15.0. The van der Waals surface area contributed by atoms with E-state index < -0.39 is 0 Å². The van der Waals surface area contributed by atoms with Crippen molar-refractivity contribution in [3.8, 4) is 0 Å². The molecule has 1 aliphatic carbocycles. The number of hydrogen-bond donors (Lipinski definition) is 2. The maximum atomic E-state index is 11.5. The smallest absolute Gasteiger partial charge is 0.241 e. The van der Waals surface area contributed by atoms with Crippen LogP contribution in [0.4, 0.5) is 0 Å². The molecule has 20 heavy (non-hydrogen) atoms. The highest BCUT2D eigenvalue weighted by Crippen LogP contribution is 2.27. The minimum absolute atomic E-state index is 0.0988. The Morgan fingerprint density at radius 1 is 1.40 bits per heavy atom. The van der Waals surface area contributed by atoms with E-state index in [1.807, 2.05) is 0 Å². The van der Waals surface area contributed by atoms with Crippen LogP contribution >= 0.6 is 0 Å². The fourth-order valence-electron chi connectivity index (χ4n) is 2.92. The molecule has 0 unspecified atom stereocenters. The molecule has 0 radical (unpaired) electrons. The zero-order valence-electron chi connectivity index (χ0n) is 12.1.